The molecule has 0 aliphatic heterocycles. The van der Waals surface area contributed by atoms with Crippen molar-refractivity contribution in [1.82, 2.24) is 15.6 Å². The lowest BCUT2D eigenvalue weighted by atomic mass is 10.3. The first-order valence-corrected chi connectivity index (χ1v) is 7.69. The van der Waals surface area contributed by atoms with E-state index in [0.29, 0.717) is 34.9 Å². The van der Waals surface area contributed by atoms with Gasteiger partial charge in [0.15, 0.2) is 17.9 Å². The van der Waals surface area contributed by atoms with Gasteiger partial charge in [-0.2, -0.15) is 10.3 Å². The molecule has 6 N–H and O–H groups in total. The van der Waals surface area contributed by atoms with Crippen LogP contribution in [0.4, 0.5) is 5.13 Å². The molecular formula is C14H16N8OS. The second kappa shape index (κ2) is 8.35. The van der Waals surface area contributed by atoms with Gasteiger partial charge in [0.25, 0.3) is 0 Å². The SMILES string of the molecule is C=CCNC(=NCc1ccc(-c2csc(N=C(N)N)n2)o1)NC#N. The van der Waals surface area contributed by atoms with Crippen LogP contribution in [0.15, 0.2) is 44.6 Å². The van der Waals surface area contributed by atoms with Crippen LogP contribution >= 0.6 is 11.3 Å². The Bertz CT molecular complexity index is 794. The van der Waals surface area contributed by atoms with Crippen molar-refractivity contribution in [2.45, 2.75) is 6.54 Å². The Hall–Kier alpha value is -3.32. The monoisotopic (exact) mass is 344 g/mol. The first-order chi connectivity index (χ1) is 11.6. The minimum Gasteiger partial charge on any atom is -0.457 e. The summed E-state index contributed by atoms with van der Waals surface area (Å²) in [6, 6.07) is 3.57. The molecule has 2 aromatic rings. The minimum atomic E-state index is -0.0464. The van der Waals surface area contributed by atoms with E-state index in [1.54, 1.807) is 23.6 Å². The highest BCUT2D eigenvalue weighted by molar-refractivity contribution is 7.13. The minimum absolute atomic E-state index is 0.0464. The van der Waals surface area contributed by atoms with Crippen LogP contribution in [0, 0.1) is 11.5 Å². The Morgan fingerprint density at radius 1 is 1.50 bits per heavy atom. The highest BCUT2D eigenvalue weighted by Crippen LogP contribution is 2.28. The van der Waals surface area contributed by atoms with Gasteiger partial charge in [0.2, 0.25) is 11.1 Å². The van der Waals surface area contributed by atoms with Gasteiger partial charge in [-0.3, -0.25) is 5.32 Å². The predicted molar refractivity (Wildman–Crippen MR) is 93.4 cm³/mol. The summed E-state index contributed by atoms with van der Waals surface area (Å²) in [6.07, 6.45) is 3.48. The van der Waals surface area contributed by atoms with Gasteiger partial charge in [0.1, 0.15) is 18.0 Å². The predicted octanol–water partition coefficient (Wildman–Crippen LogP) is 1.01. The van der Waals surface area contributed by atoms with Gasteiger partial charge < -0.3 is 21.2 Å². The molecular weight excluding hydrogens is 328 g/mol. The number of nitriles is 1. The quantitative estimate of drug-likeness (QED) is 0.201. The molecule has 10 heteroatoms. The van der Waals surface area contributed by atoms with E-state index in [4.69, 9.17) is 21.1 Å². The number of hydrogen-bond acceptors (Lipinski definition) is 6. The molecule has 0 atom stereocenters. The number of aromatic nitrogens is 1. The van der Waals surface area contributed by atoms with Crippen LogP contribution in [0.3, 0.4) is 0 Å². The number of rotatable bonds is 6. The van der Waals surface area contributed by atoms with Gasteiger partial charge in [-0.05, 0) is 12.1 Å². The maximum atomic E-state index is 8.68. The molecule has 0 radical (unpaired) electrons. The molecule has 24 heavy (non-hydrogen) atoms. The summed E-state index contributed by atoms with van der Waals surface area (Å²) in [4.78, 5) is 12.4. The molecule has 0 saturated carbocycles. The smallest absolute Gasteiger partial charge is 0.212 e. The lowest BCUT2D eigenvalue weighted by Crippen LogP contribution is -2.34. The van der Waals surface area contributed by atoms with Gasteiger partial charge in [-0.15, -0.1) is 17.9 Å². The lowest BCUT2D eigenvalue weighted by Gasteiger charge is -2.04. The fourth-order valence-corrected chi connectivity index (χ4v) is 2.35. The summed E-state index contributed by atoms with van der Waals surface area (Å²) in [7, 11) is 0. The molecule has 0 fully saturated rings. The Kier molecular flexibility index (Phi) is 5.93. The van der Waals surface area contributed by atoms with Gasteiger partial charge in [0, 0.05) is 11.9 Å². The van der Waals surface area contributed by atoms with E-state index in [1.165, 1.54) is 11.3 Å². The maximum Gasteiger partial charge on any atom is 0.212 e. The van der Waals surface area contributed by atoms with Crippen molar-refractivity contribution >= 4 is 28.4 Å². The Morgan fingerprint density at radius 3 is 3.04 bits per heavy atom. The lowest BCUT2D eigenvalue weighted by molar-refractivity contribution is 0.524. The van der Waals surface area contributed by atoms with Crippen molar-refractivity contribution < 1.29 is 4.42 Å². The topological polar surface area (TPSA) is 151 Å². The number of thiazole rings is 1. The molecule has 2 rings (SSSR count). The molecule has 0 spiro atoms. The standard InChI is InChI=1S/C14H16N8OS/c1-2-5-18-13(20-8-15)19-6-9-3-4-11(23-9)10-7-24-14(21-10)22-12(16)17/h2-4,7H,1,5-6H2,(H2,18,19,20)(H4,16,17,21,22). The van der Waals surface area contributed by atoms with E-state index < -0.39 is 0 Å². The van der Waals surface area contributed by atoms with E-state index in [1.807, 2.05) is 6.19 Å². The highest BCUT2D eigenvalue weighted by atomic mass is 32.1. The van der Waals surface area contributed by atoms with E-state index in [2.05, 4.69) is 32.2 Å². The number of nitrogens with zero attached hydrogens (tertiary/aromatic N) is 4. The van der Waals surface area contributed by atoms with Crippen molar-refractivity contribution in [2.75, 3.05) is 6.54 Å². The van der Waals surface area contributed by atoms with E-state index in [9.17, 15) is 0 Å². The molecule has 2 aromatic heterocycles. The fraction of sp³-hybridized carbons (Fsp3) is 0.143. The second-order valence-electron chi connectivity index (χ2n) is 4.39. The normalized spacial score (nSPS) is 10.7. The first-order valence-electron chi connectivity index (χ1n) is 6.81. The molecule has 0 unspecified atom stereocenters. The van der Waals surface area contributed by atoms with Crippen LogP contribution in [-0.2, 0) is 6.54 Å². The second-order valence-corrected chi connectivity index (χ2v) is 5.23. The number of guanidine groups is 2. The third-order valence-electron chi connectivity index (χ3n) is 2.61. The summed E-state index contributed by atoms with van der Waals surface area (Å²) >= 11 is 1.30. The molecule has 0 bridgehead atoms. The Balaban J connectivity index is 2.07. The molecule has 0 amide bonds. The van der Waals surface area contributed by atoms with Crippen LogP contribution < -0.4 is 22.1 Å². The van der Waals surface area contributed by atoms with Gasteiger partial charge in [0.05, 0.1) is 0 Å². The summed E-state index contributed by atoms with van der Waals surface area (Å²) in [6.45, 7) is 4.34. The molecule has 0 aliphatic rings. The van der Waals surface area contributed by atoms with Crippen molar-refractivity contribution in [3.63, 3.8) is 0 Å². The van der Waals surface area contributed by atoms with Crippen molar-refractivity contribution in [3.8, 4) is 17.6 Å². The van der Waals surface area contributed by atoms with Gasteiger partial charge in [-0.25, -0.2) is 9.98 Å². The molecule has 9 nitrogen and oxygen atoms in total. The molecule has 0 saturated heterocycles. The number of nitrogens with two attached hydrogens (primary N) is 2. The molecule has 0 aliphatic carbocycles. The first kappa shape index (κ1) is 17.0. The fourth-order valence-electron chi connectivity index (χ4n) is 1.66. The number of hydrogen-bond donors (Lipinski definition) is 4. The summed E-state index contributed by atoms with van der Waals surface area (Å²) in [5, 5.41) is 16.3. The van der Waals surface area contributed by atoms with Crippen LogP contribution in [0.2, 0.25) is 0 Å². The van der Waals surface area contributed by atoms with Crippen LogP contribution in [0.5, 0.6) is 0 Å². The van der Waals surface area contributed by atoms with Gasteiger partial charge >= 0.3 is 0 Å². The average Bonchev–Trinajstić information content (AvgIpc) is 3.18. The zero-order valence-electron chi connectivity index (χ0n) is 12.7. The van der Waals surface area contributed by atoms with E-state index in [0.717, 1.165) is 0 Å². The Labute approximate surface area is 142 Å². The van der Waals surface area contributed by atoms with Gasteiger partial charge in [-0.1, -0.05) is 6.08 Å². The average molecular weight is 344 g/mol. The number of aliphatic imine (C=N–C) groups is 2. The number of nitrogens with one attached hydrogen (secondary N) is 2. The molecule has 124 valence electrons. The van der Waals surface area contributed by atoms with Crippen LogP contribution in [-0.4, -0.2) is 23.4 Å². The largest absolute Gasteiger partial charge is 0.457 e. The molecule has 2 heterocycles. The summed E-state index contributed by atoms with van der Waals surface area (Å²) in [5.74, 6) is 1.51. The Morgan fingerprint density at radius 2 is 2.33 bits per heavy atom. The maximum absolute atomic E-state index is 8.68. The van der Waals surface area contributed by atoms with Crippen molar-refractivity contribution in [2.24, 2.45) is 21.5 Å². The van der Waals surface area contributed by atoms with Crippen LogP contribution in [0.1, 0.15) is 5.76 Å². The molecule has 0 aromatic carbocycles. The highest BCUT2D eigenvalue weighted by Gasteiger charge is 2.09. The van der Waals surface area contributed by atoms with E-state index >= 15 is 0 Å². The van der Waals surface area contributed by atoms with Crippen LogP contribution in [0.25, 0.3) is 11.5 Å². The van der Waals surface area contributed by atoms with Crippen molar-refractivity contribution in [1.29, 1.82) is 5.26 Å². The third-order valence-corrected chi connectivity index (χ3v) is 3.35. The summed E-state index contributed by atoms with van der Waals surface area (Å²) in [5.41, 5.74) is 11.3. The zero-order valence-corrected chi connectivity index (χ0v) is 13.5. The zero-order chi connectivity index (χ0) is 17.4. The summed E-state index contributed by atoms with van der Waals surface area (Å²) < 4.78 is 5.69. The third kappa shape index (κ3) is 4.85. The van der Waals surface area contributed by atoms with Crippen molar-refractivity contribution in [3.05, 3.63) is 35.9 Å². The number of furan rings is 1. The van der Waals surface area contributed by atoms with E-state index in [-0.39, 0.29) is 12.5 Å².